The molecule has 0 fully saturated rings. The van der Waals surface area contributed by atoms with E-state index in [2.05, 4.69) is 50.8 Å². The molecule has 2 aromatic rings. The molecule has 0 atom stereocenters. The Hall–Kier alpha value is -2.02. The third kappa shape index (κ3) is 5.94. The predicted octanol–water partition coefficient (Wildman–Crippen LogP) is 6.25. The second-order valence-corrected chi connectivity index (χ2v) is 6.25. The van der Waals surface area contributed by atoms with Crippen LogP contribution in [0.4, 0.5) is 0 Å². The first-order valence-electron chi connectivity index (χ1n) is 8.62. The Balaban J connectivity index is 1.88. The molecular weight excluding hydrogens is 280 g/mol. The van der Waals surface area contributed by atoms with E-state index in [1.54, 1.807) is 0 Å². The summed E-state index contributed by atoms with van der Waals surface area (Å²) in [4.78, 5) is 0. The van der Waals surface area contributed by atoms with Crippen LogP contribution in [0.15, 0.2) is 60.7 Å². The molecule has 2 rings (SSSR count). The molecule has 1 nitrogen and oxygen atoms in total. The molecule has 23 heavy (non-hydrogen) atoms. The van der Waals surface area contributed by atoms with Gasteiger partial charge in [-0.2, -0.15) is 0 Å². The first-order chi connectivity index (χ1) is 11.2. The molecule has 0 aliphatic carbocycles. The van der Waals surface area contributed by atoms with Gasteiger partial charge < -0.3 is 4.74 Å². The number of benzene rings is 2. The molecule has 0 aliphatic heterocycles. The van der Waals surface area contributed by atoms with E-state index in [0.717, 1.165) is 18.6 Å². The summed E-state index contributed by atoms with van der Waals surface area (Å²) in [6, 6.07) is 16.7. The second-order valence-electron chi connectivity index (χ2n) is 6.25. The summed E-state index contributed by atoms with van der Waals surface area (Å²) >= 11 is 0. The van der Waals surface area contributed by atoms with Crippen LogP contribution in [0.1, 0.15) is 49.3 Å². The molecule has 0 N–H and O–H groups in total. The highest BCUT2D eigenvalue weighted by atomic mass is 16.5. The predicted molar refractivity (Wildman–Crippen MR) is 98.9 cm³/mol. The van der Waals surface area contributed by atoms with Crippen LogP contribution < -0.4 is 4.74 Å². The number of hydrogen-bond acceptors (Lipinski definition) is 1. The normalized spacial score (nSPS) is 10.5. The van der Waals surface area contributed by atoms with Crippen molar-refractivity contribution in [2.75, 3.05) is 0 Å². The Morgan fingerprint density at radius 3 is 2.52 bits per heavy atom. The van der Waals surface area contributed by atoms with Crippen LogP contribution in [0.25, 0.3) is 0 Å². The highest BCUT2D eigenvalue weighted by Gasteiger charge is 2.04. The van der Waals surface area contributed by atoms with E-state index < -0.39 is 0 Å². The van der Waals surface area contributed by atoms with Gasteiger partial charge in [-0.05, 0) is 55.0 Å². The third-order valence-corrected chi connectivity index (χ3v) is 4.14. The number of ether oxygens (including phenoxy) is 1. The van der Waals surface area contributed by atoms with Crippen molar-refractivity contribution in [3.8, 4) is 5.75 Å². The Morgan fingerprint density at radius 2 is 1.83 bits per heavy atom. The lowest BCUT2D eigenvalue weighted by molar-refractivity contribution is 0.306. The van der Waals surface area contributed by atoms with Crippen LogP contribution in [0.2, 0.25) is 0 Å². The molecule has 0 bridgehead atoms. The fourth-order valence-electron chi connectivity index (χ4n) is 2.68. The average molecular weight is 308 g/mol. The van der Waals surface area contributed by atoms with E-state index in [4.69, 9.17) is 4.74 Å². The van der Waals surface area contributed by atoms with E-state index in [0.29, 0.717) is 6.61 Å². The molecule has 0 unspecified atom stereocenters. The maximum Gasteiger partial charge on any atom is 0.120 e. The Kier molecular flexibility index (Phi) is 6.93. The van der Waals surface area contributed by atoms with Gasteiger partial charge in [0, 0.05) is 0 Å². The van der Waals surface area contributed by atoms with Gasteiger partial charge in [0.25, 0.3) is 0 Å². The molecule has 1 heteroatoms. The van der Waals surface area contributed by atoms with Gasteiger partial charge in [0.15, 0.2) is 0 Å². The summed E-state index contributed by atoms with van der Waals surface area (Å²) in [5, 5.41) is 0. The summed E-state index contributed by atoms with van der Waals surface area (Å²) < 4.78 is 5.89. The summed E-state index contributed by atoms with van der Waals surface area (Å²) in [6.07, 6.45) is 5.94. The molecule has 0 heterocycles. The number of aryl methyl sites for hydroxylation is 1. The molecule has 0 amide bonds. The lowest BCUT2D eigenvalue weighted by atomic mass is 9.98. The highest BCUT2D eigenvalue weighted by Crippen LogP contribution is 2.22. The molecule has 0 aliphatic rings. The van der Waals surface area contributed by atoms with Crippen molar-refractivity contribution >= 4 is 0 Å². The lowest BCUT2D eigenvalue weighted by Crippen LogP contribution is -1.98. The summed E-state index contributed by atoms with van der Waals surface area (Å²) in [5.41, 5.74) is 5.17. The maximum absolute atomic E-state index is 5.89. The van der Waals surface area contributed by atoms with Crippen LogP contribution in [0, 0.1) is 6.92 Å². The van der Waals surface area contributed by atoms with E-state index in [1.807, 2.05) is 18.2 Å². The Morgan fingerprint density at radius 1 is 1.04 bits per heavy atom. The molecule has 0 spiro atoms. The van der Waals surface area contributed by atoms with Crippen molar-refractivity contribution < 1.29 is 4.74 Å². The molecule has 0 saturated carbocycles. The van der Waals surface area contributed by atoms with Crippen LogP contribution in [-0.2, 0) is 13.0 Å². The SMILES string of the molecule is C=C(CCCCC)Cc1ccc(OCc2ccccc2)cc1C. The highest BCUT2D eigenvalue weighted by molar-refractivity contribution is 5.37. The maximum atomic E-state index is 5.89. The van der Waals surface area contributed by atoms with Gasteiger partial charge >= 0.3 is 0 Å². The fourth-order valence-corrected chi connectivity index (χ4v) is 2.68. The zero-order valence-corrected chi connectivity index (χ0v) is 14.5. The van der Waals surface area contributed by atoms with Crippen molar-refractivity contribution in [3.05, 3.63) is 77.4 Å². The molecule has 2 aromatic carbocycles. The quantitative estimate of drug-likeness (QED) is 0.393. The van der Waals surface area contributed by atoms with Crippen LogP contribution >= 0.6 is 0 Å². The Labute approximate surface area is 141 Å². The minimum Gasteiger partial charge on any atom is -0.489 e. The average Bonchev–Trinajstić information content (AvgIpc) is 2.56. The first-order valence-corrected chi connectivity index (χ1v) is 8.62. The third-order valence-electron chi connectivity index (χ3n) is 4.14. The first kappa shape index (κ1) is 17.3. The fraction of sp³-hybridized carbons (Fsp3) is 0.364. The molecule has 0 saturated heterocycles. The topological polar surface area (TPSA) is 9.23 Å². The molecular formula is C22H28O. The van der Waals surface area contributed by atoms with E-state index in [-0.39, 0.29) is 0 Å². The minimum absolute atomic E-state index is 0.614. The summed E-state index contributed by atoms with van der Waals surface area (Å²) in [7, 11) is 0. The summed E-state index contributed by atoms with van der Waals surface area (Å²) in [6.45, 7) is 9.24. The van der Waals surface area contributed by atoms with Gasteiger partial charge in [-0.25, -0.2) is 0 Å². The van der Waals surface area contributed by atoms with Crippen molar-refractivity contribution in [3.63, 3.8) is 0 Å². The zero-order valence-electron chi connectivity index (χ0n) is 14.5. The van der Waals surface area contributed by atoms with Crippen molar-refractivity contribution in [1.29, 1.82) is 0 Å². The number of rotatable bonds is 9. The van der Waals surface area contributed by atoms with Gasteiger partial charge in [-0.15, -0.1) is 0 Å². The van der Waals surface area contributed by atoms with Gasteiger partial charge in [0.2, 0.25) is 0 Å². The van der Waals surface area contributed by atoms with Gasteiger partial charge in [0.1, 0.15) is 12.4 Å². The van der Waals surface area contributed by atoms with Crippen molar-refractivity contribution in [2.24, 2.45) is 0 Å². The van der Waals surface area contributed by atoms with Crippen molar-refractivity contribution in [2.45, 2.75) is 52.6 Å². The second kappa shape index (κ2) is 9.19. The van der Waals surface area contributed by atoms with Crippen LogP contribution in [0.3, 0.4) is 0 Å². The minimum atomic E-state index is 0.614. The monoisotopic (exact) mass is 308 g/mol. The van der Waals surface area contributed by atoms with Crippen molar-refractivity contribution in [1.82, 2.24) is 0 Å². The molecule has 0 aromatic heterocycles. The lowest BCUT2D eigenvalue weighted by Gasteiger charge is -2.12. The standard InChI is InChI=1S/C22H28O/c1-4-5-7-10-18(2)15-21-13-14-22(16-19(21)3)23-17-20-11-8-6-9-12-20/h6,8-9,11-14,16H,2,4-5,7,10,15,17H2,1,3H3. The zero-order chi connectivity index (χ0) is 16.5. The Bertz CT molecular complexity index is 613. The van der Waals surface area contributed by atoms with Crippen LogP contribution in [0.5, 0.6) is 5.75 Å². The number of hydrogen-bond donors (Lipinski definition) is 0. The molecule has 122 valence electrons. The number of allylic oxidation sites excluding steroid dienone is 1. The number of unbranched alkanes of at least 4 members (excludes halogenated alkanes) is 2. The largest absolute Gasteiger partial charge is 0.489 e. The summed E-state index contributed by atoms with van der Waals surface area (Å²) in [5.74, 6) is 0.937. The van der Waals surface area contributed by atoms with E-state index in [1.165, 1.54) is 41.5 Å². The van der Waals surface area contributed by atoms with Crippen LogP contribution in [-0.4, -0.2) is 0 Å². The van der Waals surface area contributed by atoms with Gasteiger partial charge in [-0.3, -0.25) is 0 Å². The van der Waals surface area contributed by atoms with E-state index >= 15 is 0 Å². The van der Waals surface area contributed by atoms with E-state index in [9.17, 15) is 0 Å². The molecule has 0 radical (unpaired) electrons. The smallest absolute Gasteiger partial charge is 0.120 e. The van der Waals surface area contributed by atoms with Gasteiger partial charge in [-0.1, -0.05) is 68.3 Å². The van der Waals surface area contributed by atoms with Gasteiger partial charge in [0.05, 0.1) is 0 Å².